The molecule has 2 rings (SSSR count). The maximum absolute atomic E-state index is 4.82. The van der Waals surface area contributed by atoms with E-state index in [1.807, 2.05) is 11.3 Å². The molecule has 6 heteroatoms. The number of nitrogens with one attached hydrogen (secondary N) is 2. The molecule has 1 aromatic heterocycles. The summed E-state index contributed by atoms with van der Waals surface area (Å²) in [5, 5.41) is 9.19. The van der Waals surface area contributed by atoms with Crippen molar-refractivity contribution in [2.24, 2.45) is 10.9 Å². The predicted octanol–water partition coefficient (Wildman–Crippen LogP) is 4.15. The fourth-order valence-corrected chi connectivity index (χ4v) is 3.96. The fourth-order valence-electron chi connectivity index (χ4n) is 3.18. The Bertz CT molecular complexity index is 482. The molecular weight excluding hydrogens is 443 g/mol. The summed E-state index contributed by atoms with van der Waals surface area (Å²) in [5.41, 5.74) is 0. The second kappa shape index (κ2) is 12.1. The van der Waals surface area contributed by atoms with Gasteiger partial charge in [-0.05, 0) is 37.1 Å². The van der Waals surface area contributed by atoms with Gasteiger partial charge in [-0.1, -0.05) is 26.8 Å². The standard InChI is InChI=1S/C19H34N4S.HI/c1-5-20-19(21-13-16(4)18-7-6-12-24-18)22-17-8-10-23(11-9-17)14-15(2)3;/h6-7,12,15-17H,5,8-11,13-14H2,1-4H3,(H2,20,21,22);1H. The van der Waals surface area contributed by atoms with Crippen molar-refractivity contribution in [1.82, 2.24) is 15.5 Å². The van der Waals surface area contributed by atoms with Gasteiger partial charge in [0, 0.05) is 43.0 Å². The molecule has 4 nitrogen and oxygen atoms in total. The molecule has 25 heavy (non-hydrogen) atoms. The van der Waals surface area contributed by atoms with E-state index >= 15 is 0 Å². The summed E-state index contributed by atoms with van der Waals surface area (Å²) in [7, 11) is 0. The van der Waals surface area contributed by atoms with Crippen LogP contribution in [-0.2, 0) is 0 Å². The Kier molecular flexibility index (Phi) is 11.0. The highest BCUT2D eigenvalue weighted by molar-refractivity contribution is 14.0. The summed E-state index contributed by atoms with van der Waals surface area (Å²) >= 11 is 1.82. The second-order valence-electron chi connectivity index (χ2n) is 7.25. The van der Waals surface area contributed by atoms with Crippen LogP contribution in [0.25, 0.3) is 0 Å². The van der Waals surface area contributed by atoms with Crippen LogP contribution in [0.2, 0.25) is 0 Å². The normalized spacial score (nSPS) is 18.0. The first-order valence-electron chi connectivity index (χ1n) is 9.39. The van der Waals surface area contributed by atoms with Gasteiger partial charge in [-0.15, -0.1) is 35.3 Å². The van der Waals surface area contributed by atoms with Crippen molar-refractivity contribution in [2.75, 3.05) is 32.7 Å². The Morgan fingerprint density at radius 1 is 1.32 bits per heavy atom. The highest BCUT2D eigenvalue weighted by Gasteiger charge is 2.20. The number of piperidine rings is 1. The van der Waals surface area contributed by atoms with Crippen LogP contribution < -0.4 is 10.6 Å². The zero-order chi connectivity index (χ0) is 17.4. The van der Waals surface area contributed by atoms with Crippen molar-refractivity contribution in [3.05, 3.63) is 22.4 Å². The number of guanidine groups is 1. The van der Waals surface area contributed by atoms with Gasteiger partial charge in [0.25, 0.3) is 0 Å². The van der Waals surface area contributed by atoms with Crippen LogP contribution in [0.4, 0.5) is 0 Å². The Balaban J connectivity index is 0.00000312. The number of rotatable bonds is 7. The van der Waals surface area contributed by atoms with Crippen molar-refractivity contribution in [3.8, 4) is 0 Å². The highest BCUT2D eigenvalue weighted by atomic mass is 127. The number of thiophene rings is 1. The van der Waals surface area contributed by atoms with Crippen molar-refractivity contribution in [1.29, 1.82) is 0 Å². The predicted molar refractivity (Wildman–Crippen MR) is 122 cm³/mol. The van der Waals surface area contributed by atoms with E-state index in [1.165, 1.54) is 37.4 Å². The van der Waals surface area contributed by atoms with Crippen molar-refractivity contribution >= 4 is 41.3 Å². The van der Waals surface area contributed by atoms with Gasteiger partial charge in [-0.25, -0.2) is 0 Å². The molecule has 0 spiro atoms. The van der Waals surface area contributed by atoms with Gasteiger partial charge in [0.2, 0.25) is 0 Å². The summed E-state index contributed by atoms with van der Waals surface area (Å²) in [4.78, 5) is 8.82. The third-order valence-electron chi connectivity index (χ3n) is 4.45. The highest BCUT2D eigenvalue weighted by Crippen LogP contribution is 2.20. The van der Waals surface area contributed by atoms with Crippen LogP contribution in [-0.4, -0.2) is 49.6 Å². The molecule has 0 bridgehead atoms. The molecule has 1 saturated heterocycles. The minimum Gasteiger partial charge on any atom is -0.357 e. The lowest BCUT2D eigenvalue weighted by Gasteiger charge is -2.34. The van der Waals surface area contributed by atoms with Gasteiger partial charge in [0.05, 0.1) is 6.54 Å². The van der Waals surface area contributed by atoms with Crippen LogP contribution in [0.15, 0.2) is 22.5 Å². The van der Waals surface area contributed by atoms with E-state index in [1.54, 1.807) is 0 Å². The van der Waals surface area contributed by atoms with Crippen LogP contribution in [0, 0.1) is 5.92 Å². The van der Waals surface area contributed by atoms with E-state index in [0.29, 0.717) is 12.0 Å². The number of likely N-dealkylation sites (tertiary alicyclic amines) is 1. The molecule has 1 unspecified atom stereocenters. The number of halogens is 1. The lowest BCUT2D eigenvalue weighted by Crippen LogP contribution is -2.49. The topological polar surface area (TPSA) is 39.7 Å². The monoisotopic (exact) mass is 478 g/mol. The van der Waals surface area contributed by atoms with E-state index in [0.717, 1.165) is 25.0 Å². The maximum Gasteiger partial charge on any atom is 0.191 e. The molecule has 1 aliphatic heterocycles. The van der Waals surface area contributed by atoms with Gasteiger partial charge < -0.3 is 15.5 Å². The zero-order valence-electron chi connectivity index (χ0n) is 16.1. The van der Waals surface area contributed by atoms with E-state index < -0.39 is 0 Å². The van der Waals surface area contributed by atoms with Crippen LogP contribution >= 0.6 is 35.3 Å². The average Bonchev–Trinajstić information content (AvgIpc) is 3.08. The molecule has 1 atom stereocenters. The first-order chi connectivity index (χ1) is 11.6. The molecule has 144 valence electrons. The maximum atomic E-state index is 4.82. The largest absolute Gasteiger partial charge is 0.357 e. The quantitative estimate of drug-likeness (QED) is 0.352. The summed E-state index contributed by atoms with van der Waals surface area (Å²) in [6.07, 6.45) is 2.41. The third-order valence-corrected chi connectivity index (χ3v) is 5.55. The molecule has 2 heterocycles. The smallest absolute Gasteiger partial charge is 0.191 e. The van der Waals surface area contributed by atoms with E-state index in [4.69, 9.17) is 4.99 Å². The van der Waals surface area contributed by atoms with Crippen LogP contribution in [0.5, 0.6) is 0 Å². The first-order valence-corrected chi connectivity index (χ1v) is 10.3. The molecule has 1 fully saturated rings. The molecule has 0 aliphatic carbocycles. The van der Waals surface area contributed by atoms with E-state index in [2.05, 4.69) is 60.7 Å². The van der Waals surface area contributed by atoms with E-state index in [-0.39, 0.29) is 24.0 Å². The molecule has 1 aliphatic rings. The van der Waals surface area contributed by atoms with Crippen LogP contribution in [0.3, 0.4) is 0 Å². The lowest BCUT2D eigenvalue weighted by molar-refractivity contribution is 0.187. The minimum atomic E-state index is 0. The van der Waals surface area contributed by atoms with Gasteiger partial charge in [0.15, 0.2) is 5.96 Å². The summed E-state index contributed by atoms with van der Waals surface area (Å²) < 4.78 is 0. The number of hydrogen-bond donors (Lipinski definition) is 2. The lowest BCUT2D eigenvalue weighted by atomic mass is 10.0. The third kappa shape index (κ3) is 8.26. The molecule has 2 N–H and O–H groups in total. The van der Waals surface area contributed by atoms with Gasteiger partial charge >= 0.3 is 0 Å². The molecule has 0 radical (unpaired) electrons. The average molecular weight is 478 g/mol. The zero-order valence-corrected chi connectivity index (χ0v) is 19.3. The Morgan fingerprint density at radius 3 is 2.60 bits per heavy atom. The van der Waals surface area contributed by atoms with Crippen molar-refractivity contribution in [2.45, 2.75) is 52.5 Å². The van der Waals surface area contributed by atoms with E-state index in [9.17, 15) is 0 Å². The molecule has 0 saturated carbocycles. The second-order valence-corrected chi connectivity index (χ2v) is 8.23. The molecular formula is C19H35IN4S. The molecule has 1 aromatic rings. The van der Waals surface area contributed by atoms with Crippen LogP contribution in [0.1, 0.15) is 51.3 Å². The molecule has 0 aromatic carbocycles. The van der Waals surface area contributed by atoms with Crippen molar-refractivity contribution in [3.63, 3.8) is 0 Å². The van der Waals surface area contributed by atoms with Gasteiger partial charge in [0.1, 0.15) is 0 Å². The first kappa shape index (κ1) is 22.7. The van der Waals surface area contributed by atoms with Gasteiger partial charge in [-0.2, -0.15) is 0 Å². The van der Waals surface area contributed by atoms with Crippen molar-refractivity contribution < 1.29 is 0 Å². The number of aliphatic imine (C=N–C) groups is 1. The fraction of sp³-hybridized carbons (Fsp3) is 0.737. The SMILES string of the molecule is CCNC(=NCC(C)c1cccs1)NC1CCN(CC(C)C)CC1.I. The van der Waals surface area contributed by atoms with Gasteiger partial charge in [-0.3, -0.25) is 4.99 Å². The Morgan fingerprint density at radius 2 is 2.04 bits per heavy atom. The summed E-state index contributed by atoms with van der Waals surface area (Å²) in [6.45, 7) is 14.3. The molecule has 0 amide bonds. The summed E-state index contributed by atoms with van der Waals surface area (Å²) in [5.74, 6) is 2.21. The Labute approximate surface area is 174 Å². The number of hydrogen-bond acceptors (Lipinski definition) is 3. The number of nitrogens with zero attached hydrogens (tertiary/aromatic N) is 2. The Hall–Kier alpha value is -0.340. The summed E-state index contributed by atoms with van der Waals surface area (Å²) in [6, 6.07) is 4.87. The minimum absolute atomic E-state index is 0.